The van der Waals surface area contributed by atoms with Gasteiger partial charge in [0, 0.05) is 30.3 Å². The van der Waals surface area contributed by atoms with Gasteiger partial charge in [0.05, 0.1) is 5.41 Å². The maximum atomic E-state index is 13.0. The number of nitrogens with zero attached hydrogens (tertiary/aromatic N) is 1. The average Bonchev–Trinajstić information content (AvgIpc) is 3.18. The van der Waals surface area contributed by atoms with E-state index >= 15 is 0 Å². The minimum absolute atomic E-state index is 0.107. The van der Waals surface area contributed by atoms with E-state index in [-0.39, 0.29) is 18.4 Å². The van der Waals surface area contributed by atoms with Crippen molar-refractivity contribution in [2.45, 2.75) is 50.5 Å². The molecule has 1 amide bonds. The third-order valence-corrected chi connectivity index (χ3v) is 7.68. The Kier molecular flexibility index (Phi) is 4.27. The maximum Gasteiger partial charge on any atom is 0.410 e. The standard InChI is InChI=1S/C26H29NO4/c1-24(2,3)31-23(30)27-15-21-25(17-9-5-4-6-10-17)14-13-20(26(21,16-27)22(28)29)18-11-7-8-12-19(18)25/h4-12,20-21H,13-16H2,1-3H3,(H,28,29). The largest absolute Gasteiger partial charge is 0.481 e. The highest BCUT2D eigenvalue weighted by atomic mass is 16.6. The number of hydrogen-bond donors (Lipinski definition) is 1. The van der Waals surface area contributed by atoms with Gasteiger partial charge >= 0.3 is 12.1 Å². The van der Waals surface area contributed by atoms with Crippen molar-refractivity contribution in [2.75, 3.05) is 13.1 Å². The van der Waals surface area contributed by atoms with Crippen molar-refractivity contribution in [1.29, 1.82) is 0 Å². The summed E-state index contributed by atoms with van der Waals surface area (Å²) in [6.45, 7) is 6.10. The lowest BCUT2D eigenvalue weighted by molar-refractivity contribution is -0.157. The molecular weight excluding hydrogens is 390 g/mol. The van der Waals surface area contributed by atoms with Gasteiger partial charge in [0.25, 0.3) is 0 Å². The molecule has 4 unspecified atom stereocenters. The molecule has 4 aliphatic rings. The second kappa shape index (κ2) is 6.59. The number of rotatable bonds is 2. The Morgan fingerprint density at radius 1 is 1.06 bits per heavy atom. The third-order valence-electron chi connectivity index (χ3n) is 7.68. The molecule has 0 aromatic heterocycles. The molecule has 5 heteroatoms. The molecule has 0 radical (unpaired) electrons. The van der Waals surface area contributed by atoms with Crippen LogP contribution in [0.15, 0.2) is 54.6 Å². The number of likely N-dealkylation sites (tertiary alicyclic amines) is 1. The second-order valence-electron chi connectivity index (χ2n) is 10.3. The fourth-order valence-corrected chi connectivity index (χ4v) is 6.66. The zero-order valence-electron chi connectivity index (χ0n) is 18.3. The minimum Gasteiger partial charge on any atom is -0.481 e. The molecule has 6 rings (SSSR count). The van der Waals surface area contributed by atoms with Gasteiger partial charge in [-0.15, -0.1) is 0 Å². The third kappa shape index (κ3) is 2.68. The van der Waals surface area contributed by atoms with E-state index < -0.39 is 28.5 Å². The van der Waals surface area contributed by atoms with Crippen LogP contribution < -0.4 is 0 Å². The Morgan fingerprint density at radius 2 is 1.74 bits per heavy atom. The van der Waals surface area contributed by atoms with Crippen molar-refractivity contribution in [3.05, 3.63) is 71.3 Å². The van der Waals surface area contributed by atoms with Crippen LogP contribution in [0.3, 0.4) is 0 Å². The van der Waals surface area contributed by atoms with Gasteiger partial charge in [-0.25, -0.2) is 4.79 Å². The summed E-state index contributed by atoms with van der Waals surface area (Å²) in [5, 5.41) is 10.7. The van der Waals surface area contributed by atoms with Gasteiger partial charge in [-0.05, 0) is 50.3 Å². The molecule has 162 valence electrons. The number of carboxylic acids is 1. The predicted octanol–water partition coefficient (Wildman–Crippen LogP) is 4.80. The first-order chi connectivity index (χ1) is 14.7. The first kappa shape index (κ1) is 20.1. The number of carbonyl (C=O) groups is 2. The highest BCUT2D eigenvalue weighted by Gasteiger charge is 2.71. The molecule has 1 heterocycles. The summed E-state index contributed by atoms with van der Waals surface area (Å²) < 4.78 is 5.65. The highest BCUT2D eigenvalue weighted by molar-refractivity contribution is 5.82. The summed E-state index contributed by atoms with van der Waals surface area (Å²) in [5.74, 6) is -1.12. The van der Waals surface area contributed by atoms with Crippen molar-refractivity contribution in [3.63, 3.8) is 0 Å². The second-order valence-corrected chi connectivity index (χ2v) is 10.3. The smallest absolute Gasteiger partial charge is 0.410 e. The van der Waals surface area contributed by atoms with Crippen molar-refractivity contribution in [1.82, 2.24) is 4.90 Å². The van der Waals surface area contributed by atoms with Gasteiger partial charge in [0.2, 0.25) is 0 Å². The normalized spacial score (nSPS) is 31.1. The van der Waals surface area contributed by atoms with E-state index in [0.717, 1.165) is 24.0 Å². The van der Waals surface area contributed by atoms with Gasteiger partial charge in [-0.2, -0.15) is 0 Å². The Hall–Kier alpha value is -2.82. The maximum absolute atomic E-state index is 13.0. The molecule has 0 spiro atoms. The molecule has 3 aliphatic carbocycles. The van der Waals surface area contributed by atoms with Crippen LogP contribution in [0.4, 0.5) is 4.79 Å². The lowest BCUT2D eigenvalue weighted by Crippen LogP contribution is -2.60. The van der Waals surface area contributed by atoms with Crippen molar-refractivity contribution >= 4 is 12.1 Å². The molecule has 2 aromatic carbocycles. The van der Waals surface area contributed by atoms with E-state index in [1.54, 1.807) is 4.90 Å². The van der Waals surface area contributed by atoms with Crippen LogP contribution in [0, 0.1) is 11.3 Å². The SMILES string of the molecule is CC(C)(C)OC(=O)N1CC2C3(c4ccccc4)CCC(c4ccccc43)C2(C(=O)O)C1. The summed E-state index contributed by atoms with van der Waals surface area (Å²) in [7, 11) is 0. The number of amides is 1. The zero-order valence-corrected chi connectivity index (χ0v) is 18.3. The summed E-state index contributed by atoms with van der Waals surface area (Å²) in [6, 6.07) is 18.6. The molecule has 1 aliphatic heterocycles. The van der Waals surface area contributed by atoms with E-state index in [1.165, 1.54) is 5.56 Å². The molecule has 2 fully saturated rings. The molecule has 5 nitrogen and oxygen atoms in total. The van der Waals surface area contributed by atoms with E-state index in [4.69, 9.17) is 4.74 Å². The van der Waals surface area contributed by atoms with Gasteiger partial charge in [-0.1, -0.05) is 54.6 Å². The number of aliphatic carboxylic acids is 1. The Bertz CT molecular complexity index is 1040. The Labute approximate surface area is 183 Å². The predicted molar refractivity (Wildman–Crippen MR) is 117 cm³/mol. The number of hydrogen-bond acceptors (Lipinski definition) is 3. The molecule has 1 saturated carbocycles. The average molecular weight is 420 g/mol. The summed E-state index contributed by atoms with van der Waals surface area (Å²) in [6.07, 6.45) is 1.27. The van der Waals surface area contributed by atoms with Crippen molar-refractivity contribution in [2.24, 2.45) is 11.3 Å². The van der Waals surface area contributed by atoms with Crippen LogP contribution in [-0.2, 0) is 14.9 Å². The molecule has 31 heavy (non-hydrogen) atoms. The fourth-order valence-electron chi connectivity index (χ4n) is 6.66. The number of carboxylic acid groups (broad SMARTS) is 1. The van der Waals surface area contributed by atoms with Crippen LogP contribution in [0.1, 0.15) is 56.2 Å². The molecule has 4 atom stereocenters. The quantitative estimate of drug-likeness (QED) is 0.759. The highest BCUT2D eigenvalue weighted by Crippen LogP contribution is 2.68. The number of benzene rings is 2. The van der Waals surface area contributed by atoms with Crippen molar-refractivity contribution in [3.8, 4) is 0 Å². The van der Waals surface area contributed by atoms with E-state index in [0.29, 0.717) is 6.54 Å². The first-order valence-corrected chi connectivity index (χ1v) is 11.1. The molecule has 2 aromatic rings. The molecule has 1 N–H and O–H groups in total. The lowest BCUT2D eigenvalue weighted by Gasteiger charge is -2.59. The zero-order chi connectivity index (χ0) is 22.0. The summed E-state index contributed by atoms with van der Waals surface area (Å²) in [5.41, 5.74) is 1.43. The van der Waals surface area contributed by atoms with E-state index in [2.05, 4.69) is 24.3 Å². The van der Waals surface area contributed by atoms with Crippen LogP contribution in [0.2, 0.25) is 0 Å². The van der Waals surface area contributed by atoms with Crippen LogP contribution in [0.5, 0.6) is 0 Å². The summed E-state index contributed by atoms with van der Waals surface area (Å²) >= 11 is 0. The first-order valence-electron chi connectivity index (χ1n) is 11.1. The Morgan fingerprint density at radius 3 is 2.42 bits per heavy atom. The topological polar surface area (TPSA) is 66.8 Å². The number of ether oxygens (including phenoxy) is 1. The van der Waals surface area contributed by atoms with Gasteiger partial charge in [0.15, 0.2) is 0 Å². The number of fused-ring (bicyclic) bond motifs is 1. The van der Waals surface area contributed by atoms with Gasteiger partial charge in [-0.3, -0.25) is 4.79 Å². The minimum atomic E-state index is -1.01. The molecule has 1 saturated heterocycles. The van der Waals surface area contributed by atoms with E-state index in [9.17, 15) is 14.7 Å². The van der Waals surface area contributed by atoms with Crippen LogP contribution in [0.25, 0.3) is 0 Å². The van der Waals surface area contributed by atoms with Crippen molar-refractivity contribution < 1.29 is 19.4 Å². The fraction of sp³-hybridized carbons (Fsp3) is 0.462. The van der Waals surface area contributed by atoms with Gasteiger partial charge in [0.1, 0.15) is 5.60 Å². The van der Waals surface area contributed by atoms with Crippen LogP contribution in [-0.4, -0.2) is 40.8 Å². The van der Waals surface area contributed by atoms with Gasteiger partial charge < -0.3 is 14.7 Å². The van der Waals surface area contributed by atoms with E-state index in [1.807, 2.05) is 51.1 Å². The Balaban J connectivity index is 1.70. The van der Waals surface area contributed by atoms with Crippen LogP contribution >= 0.6 is 0 Å². The lowest BCUT2D eigenvalue weighted by atomic mass is 9.42. The monoisotopic (exact) mass is 419 g/mol. The molecular formula is C26H29NO4. The molecule has 2 bridgehead atoms. The summed E-state index contributed by atoms with van der Waals surface area (Å²) in [4.78, 5) is 27.7. The number of carbonyl (C=O) groups excluding carboxylic acids is 1.